The molecule has 0 aliphatic carbocycles. The number of hydrogen-bond donors (Lipinski definition) is 4. The van der Waals surface area contributed by atoms with Crippen LogP contribution in [-0.4, -0.2) is 15.1 Å². The number of hydrogen-bond acceptors (Lipinski definition) is 5. The fourth-order valence-corrected chi connectivity index (χ4v) is 3.81. The zero-order valence-corrected chi connectivity index (χ0v) is 16.3. The van der Waals surface area contributed by atoms with E-state index in [1.807, 2.05) is 59.5 Å². The standard InChI is InChI=1S/C18H15ClN6S2/c19-11-6-8-12(9-7-11)25-14(10-4-2-1-3-5-10)13-15(23-18(25)27)21-17(26)22-16(13)24-20/h1-9,14H,20H2,(H3,21,22,23,24,26,27). The molecule has 0 spiro atoms. The summed E-state index contributed by atoms with van der Waals surface area (Å²) in [5, 5.41) is 4.33. The van der Waals surface area contributed by atoms with Gasteiger partial charge >= 0.3 is 0 Å². The van der Waals surface area contributed by atoms with E-state index in [1.165, 1.54) is 0 Å². The molecule has 2 aromatic carbocycles. The molecule has 0 amide bonds. The number of H-pyrrole nitrogens is 1. The molecule has 0 bridgehead atoms. The summed E-state index contributed by atoms with van der Waals surface area (Å²) in [6.07, 6.45) is 0. The van der Waals surface area contributed by atoms with Gasteiger partial charge in [0.15, 0.2) is 9.88 Å². The van der Waals surface area contributed by atoms with Crippen LogP contribution in [0, 0.1) is 4.77 Å². The Bertz CT molecular complexity index is 1050. The Labute approximate surface area is 171 Å². The van der Waals surface area contributed by atoms with Crippen LogP contribution in [0.2, 0.25) is 5.02 Å². The Morgan fingerprint density at radius 3 is 2.44 bits per heavy atom. The first kappa shape index (κ1) is 17.9. The summed E-state index contributed by atoms with van der Waals surface area (Å²) in [6.45, 7) is 0. The third kappa shape index (κ3) is 3.28. The maximum absolute atomic E-state index is 6.07. The molecule has 136 valence electrons. The Morgan fingerprint density at radius 1 is 1.07 bits per heavy atom. The molecule has 0 fully saturated rings. The zero-order chi connectivity index (χ0) is 19.0. The van der Waals surface area contributed by atoms with Crippen LogP contribution < -0.4 is 21.5 Å². The van der Waals surface area contributed by atoms with Crippen LogP contribution in [0.15, 0.2) is 54.6 Å². The highest BCUT2D eigenvalue weighted by Crippen LogP contribution is 2.42. The summed E-state index contributed by atoms with van der Waals surface area (Å²) in [5.74, 6) is 6.93. The number of nitrogens with zero attached hydrogens (tertiary/aromatic N) is 2. The molecule has 1 aliphatic rings. The molecule has 1 atom stereocenters. The summed E-state index contributed by atoms with van der Waals surface area (Å²) >= 11 is 16.9. The molecule has 27 heavy (non-hydrogen) atoms. The van der Waals surface area contributed by atoms with Crippen molar-refractivity contribution in [3.63, 3.8) is 0 Å². The van der Waals surface area contributed by atoms with E-state index in [2.05, 4.69) is 20.7 Å². The molecular formula is C18H15ClN6S2. The molecule has 3 aromatic rings. The SMILES string of the molecule is NNc1[nH]c(=S)nc2c1C(c1ccccc1)N(c1ccc(Cl)cc1)C(=S)N2. The third-order valence-corrected chi connectivity index (χ3v) is 5.05. The van der Waals surface area contributed by atoms with Crippen LogP contribution in [0.5, 0.6) is 0 Å². The van der Waals surface area contributed by atoms with Gasteiger partial charge in [-0.05, 0) is 54.3 Å². The molecule has 1 aliphatic heterocycles. The topological polar surface area (TPSA) is 82.0 Å². The fraction of sp³-hybridized carbons (Fsp3) is 0.0556. The summed E-state index contributed by atoms with van der Waals surface area (Å²) in [7, 11) is 0. The van der Waals surface area contributed by atoms with Gasteiger partial charge in [-0.15, -0.1) is 0 Å². The van der Waals surface area contributed by atoms with Gasteiger partial charge in [-0.3, -0.25) is 0 Å². The van der Waals surface area contributed by atoms with Gasteiger partial charge in [-0.2, -0.15) is 0 Å². The number of nitrogens with one attached hydrogen (secondary N) is 3. The minimum Gasteiger partial charge on any atom is -0.316 e. The van der Waals surface area contributed by atoms with Crippen LogP contribution in [0.3, 0.4) is 0 Å². The van der Waals surface area contributed by atoms with Gasteiger partial charge in [-0.25, -0.2) is 10.8 Å². The number of benzene rings is 2. The normalized spacial score (nSPS) is 15.9. The number of hydrazine groups is 1. The van der Waals surface area contributed by atoms with Gasteiger partial charge in [-0.1, -0.05) is 41.9 Å². The van der Waals surface area contributed by atoms with E-state index >= 15 is 0 Å². The van der Waals surface area contributed by atoms with E-state index in [4.69, 9.17) is 41.9 Å². The number of aromatic nitrogens is 2. The lowest BCUT2D eigenvalue weighted by molar-refractivity contribution is 0.815. The molecule has 5 N–H and O–H groups in total. The smallest absolute Gasteiger partial charge is 0.200 e. The summed E-state index contributed by atoms with van der Waals surface area (Å²) in [5.41, 5.74) is 5.44. The first-order valence-corrected chi connectivity index (χ1v) is 9.29. The molecule has 1 unspecified atom stereocenters. The van der Waals surface area contributed by atoms with Crippen LogP contribution >= 0.6 is 36.0 Å². The van der Waals surface area contributed by atoms with Crippen LogP contribution in [0.4, 0.5) is 17.3 Å². The van der Waals surface area contributed by atoms with Crippen molar-refractivity contribution in [3.05, 3.63) is 75.5 Å². The lowest BCUT2D eigenvalue weighted by atomic mass is 9.95. The molecule has 2 heterocycles. The quantitative estimate of drug-likeness (QED) is 0.287. The van der Waals surface area contributed by atoms with E-state index in [0.717, 1.165) is 16.8 Å². The lowest BCUT2D eigenvalue weighted by Gasteiger charge is -2.39. The third-order valence-electron chi connectivity index (χ3n) is 4.31. The summed E-state index contributed by atoms with van der Waals surface area (Å²) in [6, 6.07) is 17.2. The zero-order valence-electron chi connectivity index (χ0n) is 13.9. The van der Waals surface area contributed by atoms with Crippen LogP contribution in [-0.2, 0) is 0 Å². The average Bonchev–Trinajstić information content (AvgIpc) is 2.67. The molecule has 0 radical (unpaired) electrons. The van der Waals surface area contributed by atoms with Crippen molar-refractivity contribution in [1.82, 2.24) is 9.97 Å². The highest BCUT2D eigenvalue weighted by molar-refractivity contribution is 7.80. The molecule has 0 saturated carbocycles. The molecule has 6 nitrogen and oxygen atoms in total. The minimum absolute atomic E-state index is 0.262. The van der Waals surface area contributed by atoms with Gasteiger partial charge in [0.2, 0.25) is 0 Å². The second-order valence-electron chi connectivity index (χ2n) is 5.91. The first-order valence-electron chi connectivity index (χ1n) is 8.10. The fourth-order valence-electron chi connectivity index (χ4n) is 3.18. The predicted molar refractivity (Wildman–Crippen MR) is 116 cm³/mol. The number of aromatic amines is 1. The molecule has 9 heteroatoms. The van der Waals surface area contributed by atoms with Crippen molar-refractivity contribution in [1.29, 1.82) is 0 Å². The van der Waals surface area contributed by atoms with Crippen LogP contribution in [0.25, 0.3) is 0 Å². The Hall–Kier alpha value is -2.52. The van der Waals surface area contributed by atoms with Crippen molar-refractivity contribution in [2.75, 3.05) is 15.6 Å². The molecule has 4 rings (SSSR count). The Balaban J connectivity index is 1.98. The molecule has 0 saturated heterocycles. The molecule has 1 aromatic heterocycles. The van der Waals surface area contributed by atoms with E-state index in [9.17, 15) is 0 Å². The van der Waals surface area contributed by atoms with Gasteiger partial charge in [0.05, 0.1) is 11.6 Å². The maximum Gasteiger partial charge on any atom is 0.200 e. The van der Waals surface area contributed by atoms with E-state index in [1.54, 1.807) is 0 Å². The van der Waals surface area contributed by atoms with Gasteiger partial charge in [0.1, 0.15) is 11.6 Å². The highest BCUT2D eigenvalue weighted by atomic mass is 35.5. The van der Waals surface area contributed by atoms with Crippen molar-refractivity contribution in [2.24, 2.45) is 5.84 Å². The number of nitrogen functional groups attached to an aromatic ring is 1. The number of fused-ring (bicyclic) bond motifs is 1. The van der Waals surface area contributed by atoms with E-state index in [0.29, 0.717) is 26.5 Å². The Kier molecular flexibility index (Phi) is 4.79. The second kappa shape index (κ2) is 7.24. The highest BCUT2D eigenvalue weighted by Gasteiger charge is 2.36. The van der Waals surface area contributed by atoms with Gasteiger partial charge < -0.3 is 20.6 Å². The maximum atomic E-state index is 6.07. The average molecular weight is 415 g/mol. The van der Waals surface area contributed by atoms with E-state index in [-0.39, 0.29) is 6.04 Å². The Morgan fingerprint density at radius 2 is 1.78 bits per heavy atom. The minimum atomic E-state index is -0.262. The predicted octanol–water partition coefficient (Wildman–Crippen LogP) is 4.38. The monoisotopic (exact) mass is 414 g/mol. The second-order valence-corrected chi connectivity index (χ2v) is 7.12. The van der Waals surface area contributed by atoms with Crippen molar-refractivity contribution < 1.29 is 0 Å². The number of rotatable bonds is 3. The number of halogens is 1. The number of nitrogens with two attached hydrogens (primary N) is 1. The van der Waals surface area contributed by atoms with Gasteiger partial charge in [0.25, 0.3) is 0 Å². The molecular weight excluding hydrogens is 400 g/mol. The summed E-state index contributed by atoms with van der Waals surface area (Å²) in [4.78, 5) is 9.43. The first-order chi connectivity index (χ1) is 13.1. The number of anilines is 3. The lowest BCUT2D eigenvalue weighted by Crippen LogP contribution is -2.44. The summed E-state index contributed by atoms with van der Waals surface area (Å²) < 4.78 is 0.309. The van der Waals surface area contributed by atoms with Gasteiger partial charge in [0, 0.05) is 10.7 Å². The van der Waals surface area contributed by atoms with Crippen LogP contribution in [0.1, 0.15) is 17.2 Å². The van der Waals surface area contributed by atoms with Crippen molar-refractivity contribution >= 4 is 58.5 Å². The van der Waals surface area contributed by atoms with E-state index < -0.39 is 0 Å². The van der Waals surface area contributed by atoms with Crippen molar-refractivity contribution in [2.45, 2.75) is 6.04 Å². The largest absolute Gasteiger partial charge is 0.316 e. The number of thiocarbonyl (C=S) groups is 1. The van der Waals surface area contributed by atoms with Crippen molar-refractivity contribution in [3.8, 4) is 0 Å².